The Morgan fingerprint density at radius 1 is 1.30 bits per heavy atom. The van der Waals surface area contributed by atoms with Crippen molar-refractivity contribution in [1.29, 1.82) is 0 Å². The van der Waals surface area contributed by atoms with Gasteiger partial charge in [0.25, 0.3) is 0 Å². The molecule has 1 aliphatic rings. The smallest absolute Gasteiger partial charge is 0.222 e. The van der Waals surface area contributed by atoms with Crippen molar-refractivity contribution in [3.05, 3.63) is 29.8 Å². The Morgan fingerprint density at radius 2 is 1.96 bits per heavy atom. The Balaban J connectivity index is 1.83. The van der Waals surface area contributed by atoms with E-state index in [0.717, 1.165) is 38.1 Å². The molecular weight excluding hydrogens is 288 g/mol. The van der Waals surface area contributed by atoms with Crippen LogP contribution in [0.25, 0.3) is 0 Å². The molecule has 1 aromatic carbocycles. The Morgan fingerprint density at radius 3 is 2.57 bits per heavy atom. The highest BCUT2D eigenvalue weighted by atomic mass is 16.5. The van der Waals surface area contributed by atoms with Crippen LogP contribution in [-0.4, -0.2) is 37.0 Å². The van der Waals surface area contributed by atoms with Crippen LogP contribution in [-0.2, 0) is 11.2 Å². The van der Waals surface area contributed by atoms with Crippen LogP contribution in [0.3, 0.4) is 0 Å². The molecule has 1 aliphatic heterocycles. The highest BCUT2D eigenvalue weighted by Crippen LogP contribution is 2.24. The van der Waals surface area contributed by atoms with E-state index < -0.39 is 0 Å². The molecule has 4 heteroatoms. The molecule has 2 N–H and O–H groups in total. The fourth-order valence-electron chi connectivity index (χ4n) is 3.42. The summed E-state index contributed by atoms with van der Waals surface area (Å²) in [5.41, 5.74) is 7.14. The quantitative estimate of drug-likeness (QED) is 0.877. The average Bonchev–Trinajstić information content (AvgIpc) is 2.55. The van der Waals surface area contributed by atoms with Crippen LogP contribution >= 0.6 is 0 Å². The van der Waals surface area contributed by atoms with Gasteiger partial charge in [0.2, 0.25) is 5.91 Å². The van der Waals surface area contributed by atoms with E-state index >= 15 is 0 Å². The van der Waals surface area contributed by atoms with Gasteiger partial charge in [0.1, 0.15) is 5.75 Å². The fourth-order valence-corrected chi connectivity index (χ4v) is 3.42. The van der Waals surface area contributed by atoms with Crippen molar-refractivity contribution >= 4 is 5.91 Å². The van der Waals surface area contributed by atoms with Crippen molar-refractivity contribution in [2.45, 2.75) is 45.6 Å². The molecular formula is C19H30N2O2. The van der Waals surface area contributed by atoms with Gasteiger partial charge in [-0.1, -0.05) is 25.1 Å². The number of methoxy groups -OCH3 is 1. The zero-order valence-corrected chi connectivity index (χ0v) is 14.6. The number of para-hydroxylation sites is 1. The van der Waals surface area contributed by atoms with Gasteiger partial charge in [-0.25, -0.2) is 0 Å². The maximum atomic E-state index is 12.5. The average molecular weight is 318 g/mol. The maximum Gasteiger partial charge on any atom is 0.222 e. The summed E-state index contributed by atoms with van der Waals surface area (Å²) in [5.74, 6) is 2.05. The lowest BCUT2D eigenvalue weighted by Crippen LogP contribution is -2.43. The number of carbonyl (C=O) groups is 1. The number of amides is 1. The van der Waals surface area contributed by atoms with E-state index in [1.165, 1.54) is 5.56 Å². The third-order valence-corrected chi connectivity index (χ3v) is 4.92. The first-order valence-corrected chi connectivity index (χ1v) is 8.66. The van der Waals surface area contributed by atoms with Crippen LogP contribution < -0.4 is 10.5 Å². The summed E-state index contributed by atoms with van der Waals surface area (Å²) in [6.07, 6.45) is 3.53. The second kappa shape index (κ2) is 8.34. The first-order valence-electron chi connectivity index (χ1n) is 8.66. The van der Waals surface area contributed by atoms with Gasteiger partial charge >= 0.3 is 0 Å². The van der Waals surface area contributed by atoms with Crippen molar-refractivity contribution in [3.8, 4) is 5.75 Å². The SMILES string of the molecule is COc1ccccc1CC(C)CC(=O)N1CCC(C(C)N)CC1. The van der Waals surface area contributed by atoms with Crippen LogP contribution in [0.2, 0.25) is 0 Å². The normalized spacial score (nSPS) is 18.5. The minimum atomic E-state index is 0.233. The highest BCUT2D eigenvalue weighted by Gasteiger charge is 2.25. The molecule has 0 aromatic heterocycles. The lowest BCUT2D eigenvalue weighted by molar-refractivity contribution is -0.133. The lowest BCUT2D eigenvalue weighted by Gasteiger charge is -2.34. The number of benzene rings is 1. The molecule has 0 bridgehead atoms. The van der Waals surface area contributed by atoms with Crippen LogP contribution in [0.5, 0.6) is 5.75 Å². The lowest BCUT2D eigenvalue weighted by atomic mass is 9.90. The molecule has 1 fully saturated rings. The topological polar surface area (TPSA) is 55.6 Å². The number of piperidine rings is 1. The second-order valence-corrected chi connectivity index (χ2v) is 6.90. The van der Waals surface area contributed by atoms with Gasteiger partial charge in [-0.05, 0) is 49.7 Å². The molecule has 128 valence electrons. The second-order valence-electron chi connectivity index (χ2n) is 6.90. The molecule has 0 saturated carbocycles. The first kappa shape index (κ1) is 17.8. The Hall–Kier alpha value is -1.55. The zero-order chi connectivity index (χ0) is 16.8. The molecule has 1 amide bonds. The predicted molar refractivity (Wildman–Crippen MR) is 93.4 cm³/mol. The van der Waals surface area contributed by atoms with Gasteiger partial charge in [0.05, 0.1) is 7.11 Å². The van der Waals surface area contributed by atoms with E-state index in [0.29, 0.717) is 18.3 Å². The first-order chi connectivity index (χ1) is 11.0. The number of likely N-dealkylation sites (tertiary alicyclic amines) is 1. The van der Waals surface area contributed by atoms with Crippen LogP contribution in [0.4, 0.5) is 0 Å². The van der Waals surface area contributed by atoms with Crippen molar-refractivity contribution < 1.29 is 9.53 Å². The highest BCUT2D eigenvalue weighted by molar-refractivity contribution is 5.76. The van der Waals surface area contributed by atoms with E-state index in [4.69, 9.17) is 10.5 Å². The number of nitrogens with two attached hydrogens (primary N) is 1. The number of ether oxygens (including phenoxy) is 1. The van der Waals surface area contributed by atoms with Crippen molar-refractivity contribution in [1.82, 2.24) is 4.90 Å². The maximum absolute atomic E-state index is 12.5. The molecule has 1 heterocycles. The summed E-state index contributed by atoms with van der Waals surface area (Å²) in [5, 5.41) is 0. The number of carbonyl (C=O) groups excluding carboxylic acids is 1. The Labute approximate surface area is 140 Å². The van der Waals surface area contributed by atoms with Crippen LogP contribution in [0.1, 0.15) is 38.7 Å². The minimum Gasteiger partial charge on any atom is -0.496 e. The van der Waals surface area contributed by atoms with E-state index in [2.05, 4.69) is 19.9 Å². The van der Waals surface area contributed by atoms with Gasteiger partial charge in [0, 0.05) is 25.6 Å². The molecule has 0 spiro atoms. The number of rotatable bonds is 6. The summed E-state index contributed by atoms with van der Waals surface area (Å²) in [7, 11) is 1.69. The standard InChI is InChI=1S/C19H30N2O2/c1-14(12-17-6-4-5-7-18(17)23-3)13-19(22)21-10-8-16(9-11-21)15(2)20/h4-7,14-16H,8-13,20H2,1-3H3. The van der Waals surface area contributed by atoms with Crippen LogP contribution in [0.15, 0.2) is 24.3 Å². The summed E-state index contributed by atoms with van der Waals surface area (Å²) in [6, 6.07) is 8.28. The number of hydrogen-bond donors (Lipinski definition) is 1. The molecule has 2 atom stereocenters. The summed E-state index contributed by atoms with van der Waals surface area (Å²) in [6.45, 7) is 5.91. The monoisotopic (exact) mass is 318 g/mol. The van der Waals surface area contributed by atoms with Gasteiger partial charge in [-0.2, -0.15) is 0 Å². The molecule has 4 nitrogen and oxygen atoms in total. The molecule has 0 radical (unpaired) electrons. The molecule has 0 aliphatic carbocycles. The van der Waals surface area contributed by atoms with E-state index in [1.807, 2.05) is 23.1 Å². The van der Waals surface area contributed by atoms with Crippen molar-refractivity contribution in [3.63, 3.8) is 0 Å². The zero-order valence-electron chi connectivity index (χ0n) is 14.6. The van der Waals surface area contributed by atoms with Gasteiger partial charge in [0.15, 0.2) is 0 Å². The van der Waals surface area contributed by atoms with Crippen molar-refractivity contribution in [2.75, 3.05) is 20.2 Å². The predicted octanol–water partition coefficient (Wildman–Crippen LogP) is 2.85. The third kappa shape index (κ3) is 4.96. The Kier molecular flexibility index (Phi) is 6.46. The van der Waals surface area contributed by atoms with Crippen molar-refractivity contribution in [2.24, 2.45) is 17.6 Å². The number of hydrogen-bond acceptors (Lipinski definition) is 3. The number of nitrogens with zero attached hydrogens (tertiary/aromatic N) is 1. The fraction of sp³-hybridized carbons (Fsp3) is 0.632. The molecule has 2 unspecified atom stereocenters. The molecule has 2 rings (SSSR count). The van der Waals surface area contributed by atoms with E-state index in [-0.39, 0.29) is 11.9 Å². The van der Waals surface area contributed by atoms with Gasteiger partial charge in [-0.3, -0.25) is 4.79 Å². The van der Waals surface area contributed by atoms with Crippen LogP contribution in [0, 0.1) is 11.8 Å². The van der Waals surface area contributed by atoms with E-state index in [9.17, 15) is 4.79 Å². The summed E-state index contributed by atoms with van der Waals surface area (Å²) in [4.78, 5) is 14.5. The largest absolute Gasteiger partial charge is 0.496 e. The molecule has 1 saturated heterocycles. The Bertz CT molecular complexity index is 508. The van der Waals surface area contributed by atoms with Gasteiger partial charge < -0.3 is 15.4 Å². The van der Waals surface area contributed by atoms with Gasteiger partial charge in [-0.15, -0.1) is 0 Å². The molecule has 23 heavy (non-hydrogen) atoms. The molecule has 1 aromatic rings. The van der Waals surface area contributed by atoms with E-state index in [1.54, 1.807) is 7.11 Å². The summed E-state index contributed by atoms with van der Waals surface area (Å²) >= 11 is 0. The minimum absolute atomic E-state index is 0.233. The summed E-state index contributed by atoms with van der Waals surface area (Å²) < 4.78 is 5.39. The third-order valence-electron chi connectivity index (χ3n) is 4.92.